The van der Waals surface area contributed by atoms with E-state index in [1.54, 1.807) is 27.2 Å². The Kier molecular flexibility index (Phi) is 6.54. The smallest absolute Gasteiger partial charge is 0.128 e. The largest absolute Gasteiger partial charge is 0.497 e. The molecule has 0 radical (unpaired) electrons. The van der Waals surface area contributed by atoms with Gasteiger partial charge in [-0.15, -0.1) is 0 Å². The third kappa shape index (κ3) is 4.55. The zero-order valence-corrected chi connectivity index (χ0v) is 11.3. The SMILES string of the molecule is COCCCCOc1cc(OC)ccc1[C@H](C)O. The van der Waals surface area contributed by atoms with Crippen LogP contribution in [0.4, 0.5) is 0 Å². The van der Waals surface area contributed by atoms with Gasteiger partial charge in [0.25, 0.3) is 0 Å². The zero-order chi connectivity index (χ0) is 13.4. The molecule has 102 valence electrons. The number of benzene rings is 1. The summed E-state index contributed by atoms with van der Waals surface area (Å²) in [5.41, 5.74) is 0.780. The molecule has 1 rings (SSSR count). The summed E-state index contributed by atoms with van der Waals surface area (Å²) in [7, 11) is 3.30. The number of aliphatic hydroxyl groups is 1. The van der Waals surface area contributed by atoms with Crippen molar-refractivity contribution < 1.29 is 19.3 Å². The lowest BCUT2D eigenvalue weighted by molar-refractivity contribution is 0.178. The first kappa shape index (κ1) is 14.8. The Hall–Kier alpha value is -1.26. The summed E-state index contributed by atoms with van der Waals surface area (Å²) in [6.07, 6.45) is 1.33. The highest BCUT2D eigenvalue weighted by molar-refractivity contribution is 5.41. The van der Waals surface area contributed by atoms with Crippen LogP contribution in [0.25, 0.3) is 0 Å². The molecule has 18 heavy (non-hydrogen) atoms. The van der Waals surface area contributed by atoms with Crippen molar-refractivity contribution in [1.29, 1.82) is 0 Å². The van der Waals surface area contributed by atoms with Crippen molar-refractivity contribution in [3.05, 3.63) is 23.8 Å². The average Bonchev–Trinajstić information content (AvgIpc) is 2.38. The molecule has 1 atom stereocenters. The third-order valence-electron chi connectivity index (χ3n) is 2.67. The number of aliphatic hydroxyl groups excluding tert-OH is 1. The Morgan fingerprint density at radius 3 is 2.50 bits per heavy atom. The molecule has 0 unspecified atom stereocenters. The molecule has 1 aromatic rings. The fourth-order valence-corrected chi connectivity index (χ4v) is 1.64. The monoisotopic (exact) mass is 254 g/mol. The van der Waals surface area contributed by atoms with E-state index in [2.05, 4.69) is 0 Å². The summed E-state index contributed by atoms with van der Waals surface area (Å²) < 4.78 is 15.8. The number of methoxy groups -OCH3 is 2. The first-order valence-electron chi connectivity index (χ1n) is 6.16. The van der Waals surface area contributed by atoms with E-state index in [1.165, 1.54) is 0 Å². The summed E-state index contributed by atoms with van der Waals surface area (Å²) >= 11 is 0. The highest BCUT2D eigenvalue weighted by Gasteiger charge is 2.10. The van der Waals surface area contributed by atoms with Gasteiger partial charge in [-0.2, -0.15) is 0 Å². The lowest BCUT2D eigenvalue weighted by Crippen LogP contribution is -2.03. The fraction of sp³-hybridized carbons (Fsp3) is 0.571. The molecule has 0 aromatic heterocycles. The highest BCUT2D eigenvalue weighted by atomic mass is 16.5. The average molecular weight is 254 g/mol. The number of hydrogen-bond acceptors (Lipinski definition) is 4. The van der Waals surface area contributed by atoms with E-state index in [4.69, 9.17) is 14.2 Å². The number of rotatable bonds is 8. The second-order valence-corrected chi connectivity index (χ2v) is 4.13. The predicted molar refractivity (Wildman–Crippen MR) is 70.2 cm³/mol. The van der Waals surface area contributed by atoms with Crippen molar-refractivity contribution in [2.75, 3.05) is 27.4 Å². The van der Waals surface area contributed by atoms with Gasteiger partial charge in [0.15, 0.2) is 0 Å². The second-order valence-electron chi connectivity index (χ2n) is 4.13. The Morgan fingerprint density at radius 1 is 1.17 bits per heavy atom. The van der Waals surface area contributed by atoms with Crippen molar-refractivity contribution >= 4 is 0 Å². The minimum atomic E-state index is -0.551. The first-order valence-corrected chi connectivity index (χ1v) is 6.16. The van der Waals surface area contributed by atoms with Crippen LogP contribution in [0.5, 0.6) is 11.5 Å². The van der Waals surface area contributed by atoms with E-state index in [1.807, 2.05) is 12.1 Å². The molecule has 0 aliphatic heterocycles. The summed E-state index contributed by atoms with van der Waals surface area (Å²) in [6.45, 7) is 3.07. The van der Waals surface area contributed by atoms with Gasteiger partial charge in [0.2, 0.25) is 0 Å². The molecule has 0 saturated heterocycles. The quantitative estimate of drug-likeness (QED) is 0.724. The molecule has 0 spiro atoms. The van der Waals surface area contributed by atoms with Crippen LogP contribution in [-0.4, -0.2) is 32.5 Å². The van der Waals surface area contributed by atoms with Crippen LogP contribution in [0, 0.1) is 0 Å². The lowest BCUT2D eigenvalue weighted by atomic mass is 10.1. The molecule has 0 bridgehead atoms. The molecule has 0 aliphatic carbocycles. The van der Waals surface area contributed by atoms with Gasteiger partial charge in [0.05, 0.1) is 19.8 Å². The van der Waals surface area contributed by atoms with Gasteiger partial charge in [-0.3, -0.25) is 0 Å². The van der Waals surface area contributed by atoms with Crippen LogP contribution in [0.1, 0.15) is 31.4 Å². The fourth-order valence-electron chi connectivity index (χ4n) is 1.64. The van der Waals surface area contributed by atoms with Gasteiger partial charge in [0, 0.05) is 25.3 Å². The van der Waals surface area contributed by atoms with E-state index >= 15 is 0 Å². The standard InChI is InChI=1S/C14H22O4/c1-11(15)13-7-6-12(17-3)10-14(13)18-9-5-4-8-16-2/h6-7,10-11,15H,4-5,8-9H2,1-3H3/t11-/m0/s1. The predicted octanol–water partition coefficient (Wildman–Crippen LogP) is 2.55. The Labute approximate surface area is 108 Å². The number of unbranched alkanes of at least 4 members (excludes halogenated alkanes) is 1. The third-order valence-corrected chi connectivity index (χ3v) is 2.67. The first-order chi connectivity index (χ1) is 8.69. The van der Waals surface area contributed by atoms with Crippen LogP contribution >= 0.6 is 0 Å². The molecule has 4 nitrogen and oxygen atoms in total. The van der Waals surface area contributed by atoms with Gasteiger partial charge >= 0.3 is 0 Å². The van der Waals surface area contributed by atoms with E-state index < -0.39 is 6.10 Å². The topological polar surface area (TPSA) is 47.9 Å². The van der Waals surface area contributed by atoms with E-state index in [0.29, 0.717) is 12.4 Å². The molecule has 0 heterocycles. The minimum absolute atomic E-state index is 0.551. The Balaban J connectivity index is 2.60. The second kappa shape index (κ2) is 7.95. The molecular formula is C14H22O4. The molecule has 0 aliphatic rings. The molecule has 0 saturated carbocycles. The normalized spacial score (nSPS) is 12.2. The van der Waals surface area contributed by atoms with E-state index in [0.717, 1.165) is 30.8 Å². The van der Waals surface area contributed by atoms with Crippen LogP contribution < -0.4 is 9.47 Å². The van der Waals surface area contributed by atoms with Crippen molar-refractivity contribution in [1.82, 2.24) is 0 Å². The van der Waals surface area contributed by atoms with Crippen LogP contribution in [0.2, 0.25) is 0 Å². The molecule has 0 fully saturated rings. The molecule has 1 aromatic carbocycles. The van der Waals surface area contributed by atoms with Crippen LogP contribution in [0.15, 0.2) is 18.2 Å². The van der Waals surface area contributed by atoms with Crippen molar-refractivity contribution in [3.63, 3.8) is 0 Å². The summed E-state index contributed by atoms with van der Waals surface area (Å²) in [4.78, 5) is 0. The molecule has 0 amide bonds. The number of hydrogen-bond donors (Lipinski definition) is 1. The van der Waals surface area contributed by atoms with Gasteiger partial charge in [-0.1, -0.05) is 0 Å². The minimum Gasteiger partial charge on any atom is -0.497 e. The molecular weight excluding hydrogens is 232 g/mol. The maximum atomic E-state index is 9.67. The van der Waals surface area contributed by atoms with Crippen molar-refractivity contribution in [2.24, 2.45) is 0 Å². The van der Waals surface area contributed by atoms with E-state index in [-0.39, 0.29) is 0 Å². The number of ether oxygens (including phenoxy) is 3. The maximum Gasteiger partial charge on any atom is 0.128 e. The van der Waals surface area contributed by atoms with Gasteiger partial charge in [0.1, 0.15) is 11.5 Å². The van der Waals surface area contributed by atoms with Crippen molar-refractivity contribution in [2.45, 2.75) is 25.9 Å². The summed E-state index contributed by atoms with van der Waals surface area (Å²) in [5, 5.41) is 9.67. The summed E-state index contributed by atoms with van der Waals surface area (Å²) in [5.74, 6) is 1.41. The molecule has 4 heteroatoms. The van der Waals surface area contributed by atoms with Crippen LogP contribution in [-0.2, 0) is 4.74 Å². The van der Waals surface area contributed by atoms with Gasteiger partial charge in [-0.25, -0.2) is 0 Å². The maximum absolute atomic E-state index is 9.67. The van der Waals surface area contributed by atoms with Gasteiger partial charge < -0.3 is 19.3 Å². The van der Waals surface area contributed by atoms with Crippen molar-refractivity contribution in [3.8, 4) is 11.5 Å². The van der Waals surface area contributed by atoms with Gasteiger partial charge in [-0.05, 0) is 31.9 Å². The van der Waals surface area contributed by atoms with Crippen LogP contribution in [0.3, 0.4) is 0 Å². The van der Waals surface area contributed by atoms with E-state index in [9.17, 15) is 5.11 Å². The zero-order valence-electron chi connectivity index (χ0n) is 11.3. The Bertz CT molecular complexity index is 350. The summed E-state index contributed by atoms with van der Waals surface area (Å²) in [6, 6.07) is 5.45. The highest BCUT2D eigenvalue weighted by Crippen LogP contribution is 2.29. The molecule has 1 N–H and O–H groups in total. The Morgan fingerprint density at radius 2 is 1.89 bits per heavy atom. The lowest BCUT2D eigenvalue weighted by Gasteiger charge is -2.14.